The molecule has 1 saturated carbocycles. The number of phenols is 3. The Balaban J connectivity index is 1.52. The van der Waals surface area contributed by atoms with Crippen LogP contribution in [0.5, 0.6) is 23.0 Å². The molecule has 0 amide bonds. The number of ether oxygens (including phenoxy) is 2. The average molecular weight is 440 g/mol. The molecule has 0 bridgehead atoms. The average Bonchev–Trinajstić information content (AvgIpc) is 2.80. The van der Waals surface area contributed by atoms with E-state index in [2.05, 4.69) is 0 Å². The first kappa shape index (κ1) is 21.1. The van der Waals surface area contributed by atoms with E-state index in [9.17, 15) is 25.5 Å². The van der Waals surface area contributed by atoms with E-state index in [-0.39, 0.29) is 40.9 Å². The van der Waals surface area contributed by atoms with E-state index < -0.39 is 30.3 Å². The number of phenolic OH excluding ortho intramolecular Hbond substituents is 2. The van der Waals surface area contributed by atoms with Crippen molar-refractivity contribution < 1.29 is 35.0 Å². The number of benzene rings is 2. The molecule has 7 nitrogen and oxygen atoms in total. The Morgan fingerprint density at radius 1 is 1.06 bits per heavy atom. The molecular weight excluding hydrogens is 412 g/mol. The van der Waals surface area contributed by atoms with Crippen LogP contribution in [-0.2, 0) is 11.3 Å². The van der Waals surface area contributed by atoms with E-state index >= 15 is 0 Å². The van der Waals surface area contributed by atoms with Gasteiger partial charge in [-0.15, -0.1) is 0 Å². The summed E-state index contributed by atoms with van der Waals surface area (Å²) in [6.45, 7) is -0.480. The Morgan fingerprint density at radius 2 is 1.81 bits per heavy atom. The van der Waals surface area contributed by atoms with Crippen molar-refractivity contribution >= 4 is 6.08 Å². The van der Waals surface area contributed by atoms with E-state index in [1.165, 1.54) is 7.11 Å². The zero-order valence-electron chi connectivity index (χ0n) is 17.8. The van der Waals surface area contributed by atoms with Gasteiger partial charge in [0.25, 0.3) is 0 Å². The second kappa shape index (κ2) is 7.99. The van der Waals surface area contributed by atoms with Crippen molar-refractivity contribution in [1.82, 2.24) is 0 Å². The molecule has 0 radical (unpaired) electrons. The van der Waals surface area contributed by atoms with E-state index in [1.807, 2.05) is 18.2 Å². The van der Waals surface area contributed by atoms with Crippen molar-refractivity contribution in [1.29, 1.82) is 0 Å². The third-order valence-electron chi connectivity index (χ3n) is 7.43. The molecule has 32 heavy (non-hydrogen) atoms. The number of fused-ring (bicyclic) bond motifs is 4. The Morgan fingerprint density at radius 3 is 2.50 bits per heavy atom. The van der Waals surface area contributed by atoms with E-state index in [0.29, 0.717) is 11.1 Å². The molecule has 0 unspecified atom stereocenters. The van der Waals surface area contributed by atoms with Gasteiger partial charge in [-0.25, -0.2) is 0 Å². The molecule has 1 aliphatic heterocycles. The normalized spacial score (nSPS) is 30.8. The number of hydrogen-bond donors (Lipinski definition) is 5. The summed E-state index contributed by atoms with van der Waals surface area (Å²) in [4.78, 5) is 0. The monoisotopic (exact) mass is 440 g/mol. The molecule has 1 heterocycles. The molecule has 5 rings (SSSR count). The van der Waals surface area contributed by atoms with Gasteiger partial charge in [-0.2, -0.15) is 0 Å². The molecule has 0 spiro atoms. The maximum absolute atomic E-state index is 11.3. The summed E-state index contributed by atoms with van der Waals surface area (Å²) in [6, 6.07) is 7.23. The van der Waals surface area contributed by atoms with Gasteiger partial charge in [0, 0.05) is 28.5 Å². The van der Waals surface area contributed by atoms with Crippen LogP contribution in [0.4, 0.5) is 0 Å². The van der Waals surface area contributed by atoms with E-state index in [1.54, 1.807) is 18.2 Å². The lowest BCUT2D eigenvalue weighted by Crippen LogP contribution is -2.50. The van der Waals surface area contributed by atoms with Gasteiger partial charge >= 0.3 is 0 Å². The fraction of sp³-hybridized carbons (Fsp3) is 0.440. The molecule has 0 aromatic heterocycles. The number of rotatable bonds is 3. The number of hydrogen-bond acceptors (Lipinski definition) is 7. The minimum atomic E-state index is -0.627. The SMILES string of the molecule is COc1c(O)c(O)c(CO)c2c1C=C[C@H]1[C@H](O)[C@@H]3CC[C@@H](c4ccc(O)cc4)C[C@@H]3O[C@H]21. The lowest BCUT2D eigenvalue weighted by Gasteiger charge is -2.49. The standard InChI is InChI=1S/C25H28O7/c1-31-25-16-8-9-17-21(28)15-7-4-13(12-2-5-14(27)6-3-12)10-19(15)32-24(17)20(16)18(11-26)22(29)23(25)30/h2-3,5-6,8-9,13,15,17,19,21,24,26-30H,4,7,10-11H2,1H3/t13-,15-,17+,19+,21-,24+/m1/s1. The van der Waals surface area contributed by atoms with Crippen molar-refractivity contribution in [3.63, 3.8) is 0 Å². The Kier molecular flexibility index (Phi) is 5.28. The zero-order chi connectivity index (χ0) is 22.6. The largest absolute Gasteiger partial charge is 0.508 e. The molecule has 7 heteroatoms. The summed E-state index contributed by atoms with van der Waals surface area (Å²) in [6.07, 6.45) is 4.70. The van der Waals surface area contributed by atoms with Gasteiger partial charge in [-0.3, -0.25) is 0 Å². The van der Waals surface area contributed by atoms with Gasteiger partial charge < -0.3 is 35.0 Å². The highest BCUT2D eigenvalue weighted by Gasteiger charge is 2.49. The zero-order valence-corrected chi connectivity index (χ0v) is 17.8. The Hall–Kier alpha value is -2.74. The Labute approximate surface area is 186 Å². The lowest BCUT2D eigenvalue weighted by atomic mass is 9.67. The first-order chi connectivity index (χ1) is 15.4. The second-order valence-corrected chi connectivity index (χ2v) is 8.98. The molecule has 1 saturated heterocycles. The van der Waals surface area contributed by atoms with Crippen molar-refractivity contribution in [3.05, 3.63) is 52.6 Å². The van der Waals surface area contributed by atoms with Gasteiger partial charge in [0.15, 0.2) is 11.5 Å². The quantitative estimate of drug-likeness (QED) is 0.465. The number of aliphatic hydroxyl groups is 2. The predicted octanol–water partition coefficient (Wildman–Crippen LogP) is 3.33. The molecule has 170 valence electrons. The molecule has 5 N–H and O–H groups in total. The first-order valence-electron chi connectivity index (χ1n) is 11.0. The van der Waals surface area contributed by atoms with Crippen LogP contribution in [0.15, 0.2) is 30.3 Å². The topological polar surface area (TPSA) is 120 Å². The molecule has 2 aromatic rings. The van der Waals surface area contributed by atoms with Gasteiger partial charge in [-0.05, 0) is 42.9 Å². The highest BCUT2D eigenvalue weighted by Crippen LogP contribution is 2.55. The number of aromatic hydroxyl groups is 3. The van der Waals surface area contributed by atoms with Crippen LogP contribution in [0.25, 0.3) is 6.08 Å². The molecule has 2 fully saturated rings. The van der Waals surface area contributed by atoms with Gasteiger partial charge in [0.05, 0.1) is 32.0 Å². The van der Waals surface area contributed by atoms with E-state index in [4.69, 9.17) is 9.47 Å². The molecule has 3 aliphatic rings. The van der Waals surface area contributed by atoms with E-state index in [0.717, 1.165) is 24.8 Å². The molecule has 2 aliphatic carbocycles. The van der Waals surface area contributed by atoms with Gasteiger partial charge in [0.2, 0.25) is 5.75 Å². The van der Waals surface area contributed by atoms with Crippen molar-refractivity contribution in [2.24, 2.45) is 11.8 Å². The summed E-state index contributed by atoms with van der Waals surface area (Å²) >= 11 is 0. The van der Waals surface area contributed by atoms with Crippen molar-refractivity contribution in [3.8, 4) is 23.0 Å². The van der Waals surface area contributed by atoms with Crippen LogP contribution in [-0.4, -0.2) is 44.9 Å². The predicted molar refractivity (Wildman–Crippen MR) is 117 cm³/mol. The Bertz CT molecular complexity index is 1050. The lowest BCUT2D eigenvalue weighted by molar-refractivity contribution is -0.178. The third-order valence-corrected chi connectivity index (χ3v) is 7.43. The van der Waals surface area contributed by atoms with Crippen LogP contribution in [0, 0.1) is 11.8 Å². The van der Waals surface area contributed by atoms with Crippen LogP contribution >= 0.6 is 0 Å². The summed E-state index contributed by atoms with van der Waals surface area (Å²) < 4.78 is 11.9. The first-order valence-corrected chi connectivity index (χ1v) is 11.0. The molecule has 2 aromatic carbocycles. The van der Waals surface area contributed by atoms with Gasteiger partial charge in [0.1, 0.15) is 5.75 Å². The van der Waals surface area contributed by atoms with Crippen LogP contribution in [0.1, 0.15) is 53.5 Å². The summed E-state index contributed by atoms with van der Waals surface area (Å²) in [5.74, 6) is -0.585. The highest BCUT2D eigenvalue weighted by atomic mass is 16.5. The summed E-state index contributed by atoms with van der Waals surface area (Å²) in [5, 5.41) is 51.7. The molecule has 6 atom stereocenters. The van der Waals surface area contributed by atoms with Crippen LogP contribution < -0.4 is 4.74 Å². The number of methoxy groups -OCH3 is 1. The smallest absolute Gasteiger partial charge is 0.201 e. The maximum Gasteiger partial charge on any atom is 0.201 e. The summed E-state index contributed by atoms with van der Waals surface area (Å²) in [5.41, 5.74) is 2.42. The fourth-order valence-electron chi connectivity index (χ4n) is 5.82. The van der Waals surface area contributed by atoms with Gasteiger partial charge in [-0.1, -0.05) is 24.3 Å². The minimum absolute atomic E-state index is 0.0130. The van der Waals surface area contributed by atoms with Crippen LogP contribution in [0.2, 0.25) is 0 Å². The second-order valence-electron chi connectivity index (χ2n) is 8.98. The molecular formula is C25H28O7. The van der Waals surface area contributed by atoms with Crippen molar-refractivity contribution in [2.75, 3.05) is 7.11 Å². The third kappa shape index (κ3) is 3.15. The fourth-order valence-corrected chi connectivity index (χ4v) is 5.82. The highest BCUT2D eigenvalue weighted by molar-refractivity contribution is 5.74. The number of aliphatic hydroxyl groups excluding tert-OH is 2. The minimum Gasteiger partial charge on any atom is -0.508 e. The van der Waals surface area contributed by atoms with Crippen molar-refractivity contribution in [2.45, 2.75) is 50.1 Å². The summed E-state index contributed by atoms with van der Waals surface area (Å²) in [7, 11) is 1.41. The maximum atomic E-state index is 11.3. The van der Waals surface area contributed by atoms with Crippen LogP contribution in [0.3, 0.4) is 0 Å².